The van der Waals surface area contributed by atoms with Crippen LogP contribution in [0, 0.1) is 0 Å². The van der Waals surface area contributed by atoms with Crippen molar-refractivity contribution in [1.82, 2.24) is 10.3 Å². The Hall–Kier alpha value is -2.13. The second-order valence-electron chi connectivity index (χ2n) is 5.44. The fraction of sp³-hybridized carbons (Fsp3) is 0.375. The van der Waals surface area contributed by atoms with Crippen molar-refractivity contribution in [3.8, 4) is 0 Å². The molecular formula is C16H18F3N3O2S. The van der Waals surface area contributed by atoms with E-state index in [1.54, 1.807) is 11.4 Å². The molecular weight excluding hydrogens is 355 g/mol. The van der Waals surface area contributed by atoms with E-state index in [9.17, 15) is 18.0 Å². The van der Waals surface area contributed by atoms with Crippen molar-refractivity contribution in [3.63, 3.8) is 0 Å². The minimum atomic E-state index is -4.60. The lowest BCUT2D eigenvalue weighted by Gasteiger charge is -2.20. The topological polar surface area (TPSA) is 54.5 Å². The monoisotopic (exact) mass is 373 g/mol. The average molecular weight is 373 g/mol. The maximum absolute atomic E-state index is 13.1. The largest absolute Gasteiger partial charge is 0.418 e. The van der Waals surface area contributed by atoms with Gasteiger partial charge in [-0.3, -0.25) is 4.79 Å². The van der Waals surface area contributed by atoms with E-state index in [0.29, 0.717) is 5.69 Å². The van der Waals surface area contributed by atoms with Crippen LogP contribution in [0.3, 0.4) is 0 Å². The summed E-state index contributed by atoms with van der Waals surface area (Å²) < 4.78 is 44.2. The van der Waals surface area contributed by atoms with Crippen LogP contribution in [0.15, 0.2) is 35.7 Å². The lowest BCUT2D eigenvalue weighted by molar-refractivity contribution is -0.223. The molecule has 0 aliphatic carbocycles. The van der Waals surface area contributed by atoms with Gasteiger partial charge >= 0.3 is 6.18 Å². The molecule has 1 N–H and O–H groups in total. The first-order chi connectivity index (χ1) is 11.8. The summed E-state index contributed by atoms with van der Waals surface area (Å²) >= 11 is 1.41. The van der Waals surface area contributed by atoms with Crippen LogP contribution in [-0.4, -0.2) is 37.8 Å². The van der Waals surface area contributed by atoms with Gasteiger partial charge in [0.05, 0.1) is 12.2 Å². The SMILES string of the molecule is CN(C)c1nc(CNC(=O)CO[C@H](c2ccccc2)C(F)(F)F)cs1. The van der Waals surface area contributed by atoms with Crippen molar-refractivity contribution >= 4 is 22.4 Å². The Morgan fingerprint density at radius 1 is 1.32 bits per heavy atom. The molecule has 2 rings (SSSR count). The number of amides is 1. The minimum absolute atomic E-state index is 0.0436. The number of anilines is 1. The number of aromatic nitrogens is 1. The zero-order valence-electron chi connectivity index (χ0n) is 13.7. The zero-order chi connectivity index (χ0) is 18.4. The van der Waals surface area contributed by atoms with Gasteiger partial charge in [0, 0.05) is 19.5 Å². The van der Waals surface area contributed by atoms with Gasteiger partial charge in [0.15, 0.2) is 11.2 Å². The first-order valence-electron chi connectivity index (χ1n) is 7.39. The van der Waals surface area contributed by atoms with Crippen LogP contribution >= 0.6 is 11.3 Å². The number of carbonyl (C=O) groups excluding carboxylic acids is 1. The number of ether oxygens (including phenoxy) is 1. The maximum atomic E-state index is 13.1. The van der Waals surface area contributed by atoms with E-state index in [2.05, 4.69) is 10.3 Å². The summed E-state index contributed by atoms with van der Waals surface area (Å²) in [7, 11) is 3.69. The predicted molar refractivity (Wildman–Crippen MR) is 89.5 cm³/mol. The van der Waals surface area contributed by atoms with E-state index in [-0.39, 0.29) is 12.1 Å². The Bertz CT molecular complexity index is 689. The third-order valence-electron chi connectivity index (χ3n) is 3.17. The fourth-order valence-electron chi connectivity index (χ4n) is 1.99. The molecule has 0 saturated heterocycles. The molecule has 0 unspecified atom stereocenters. The van der Waals surface area contributed by atoms with Gasteiger partial charge in [0.2, 0.25) is 5.91 Å². The van der Waals surface area contributed by atoms with E-state index in [0.717, 1.165) is 5.13 Å². The number of rotatable bonds is 7. The molecule has 1 heterocycles. The van der Waals surface area contributed by atoms with Crippen LogP contribution in [0.1, 0.15) is 17.4 Å². The van der Waals surface area contributed by atoms with Gasteiger partial charge in [-0.1, -0.05) is 30.3 Å². The summed E-state index contributed by atoms with van der Waals surface area (Å²) in [6, 6.07) is 7.21. The highest BCUT2D eigenvalue weighted by Gasteiger charge is 2.42. The number of hydrogen-bond acceptors (Lipinski definition) is 5. The number of nitrogens with zero attached hydrogens (tertiary/aromatic N) is 2. The Labute approximate surface area is 147 Å². The molecule has 0 aliphatic rings. The number of thiazole rings is 1. The van der Waals surface area contributed by atoms with Gasteiger partial charge in [0.25, 0.3) is 0 Å². The van der Waals surface area contributed by atoms with Gasteiger partial charge in [-0.15, -0.1) is 11.3 Å². The second kappa shape index (κ2) is 8.30. The Balaban J connectivity index is 1.88. The number of nitrogens with one attached hydrogen (secondary N) is 1. The van der Waals surface area contributed by atoms with E-state index in [1.807, 2.05) is 19.0 Å². The van der Waals surface area contributed by atoms with Crippen LogP contribution < -0.4 is 10.2 Å². The van der Waals surface area contributed by atoms with E-state index >= 15 is 0 Å². The van der Waals surface area contributed by atoms with Gasteiger partial charge in [-0.05, 0) is 5.56 Å². The lowest BCUT2D eigenvalue weighted by Crippen LogP contribution is -2.31. The minimum Gasteiger partial charge on any atom is -0.354 e. The number of halogens is 3. The maximum Gasteiger partial charge on any atom is 0.418 e. The molecule has 0 saturated carbocycles. The van der Waals surface area contributed by atoms with Crippen molar-refractivity contribution in [1.29, 1.82) is 0 Å². The molecule has 25 heavy (non-hydrogen) atoms. The Morgan fingerprint density at radius 2 is 2.00 bits per heavy atom. The molecule has 9 heteroatoms. The third kappa shape index (κ3) is 5.71. The number of alkyl halides is 3. The molecule has 2 aromatic rings. The van der Waals surface area contributed by atoms with Crippen molar-refractivity contribution in [3.05, 3.63) is 47.0 Å². The molecule has 1 amide bonds. The van der Waals surface area contributed by atoms with Crippen LogP contribution in [0.2, 0.25) is 0 Å². The summed E-state index contributed by atoms with van der Waals surface area (Å²) in [5, 5.41) is 5.06. The quantitative estimate of drug-likeness (QED) is 0.810. The lowest BCUT2D eigenvalue weighted by atomic mass is 10.1. The molecule has 0 aliphatic heterocycles. The molecule has 1 atom stereocenters. The molecule has 0 radical (unpaired) electrons. The highest BCUT2D eigenvalue weighted by molar-refractivity contribution is 7.13. The number of carbonyl (C=O) groups is 1. The highest BCUT2D eigenvalue weighted by atomic mass is 32.1. The molecule has 1 aromatic carbocycles. The smallest absolute Gasteiger partial charge is 0.354 e. The van der Waals surface area contributed by atoms with Crippen LogP contribution in [0.5, 0.6) is 0 Å². The highest BCUT2D eigenvalue weighted by Crippen LogP contribution is 2.35. The molecule has 0 bridgehead atoms. The van der Waals surface area contributed by atoms with Gasteiger partial charge in [0.1, 0.15) is 6.61 Å². The molecule has 5 nitrogen and oxygen atoms in total. The van der Waals surface area contributed by atoms with Crippen LogP contribution in [0.25, 0.3) is 0 Å². The normalized spacial score (nSPS) is 12.7. The summed E-state index contributed by atoms with van der Waals surface area (Å²) in [6.07, 6.45) is -6.74. The predicted octanol–water partition coefficient (Wildman–Crippen LogP) is 3.15. The summed E-state index contributed by atoms with van der Waals surface area (Å²) in [5.74, 6) is -0.635. The number of benzene rings is 1. The second-order valence-corrected chi connectivity index (χ2v) is 6.27. The molecule has 0 fully saturated rings. The summed E-state index contributed by atoms with van der Waals surface area (Å²) in [5.41, 5.74) is 0.593. The van der Waals surface area contributed by atoms with Gasteiger partial charge in [-0.2, -0.15) is 13.2 Å². The standard InChI is InChI=1S/C16H18F3N3O2S/c1-22(2)15-21-12(10-25-15)8-20-13(23)9-24-14(16(17,18)19)11-6-4-3-5-7-11/h3-7,10,14H,8-9H2,1-2H3,(H,20,23)/t14-/m1/s1. The van der Waals surface area contributed by atoms with Crippen molar-refractivity contribution < 1.29 is 22.7 Å². The summed E-state index contributed by atoms with van der Waals surface area (Å²) in [4.78, 5) is 17.9. The zero-order valence-corrected chi connectivity index (χ0v) is 14.5. The van der Waals surface area contributed by atoms with Crippen molar-refractivity contribution in [2.24, 2.45) is 0 Å². The van der Waals surface area contributed by atoms with Crippen LogP contribution in [0.4, 0.5) is 18.3 Å². The Morgan fingerprint density at radius 3 is 2.56 bits per heavy atom. The average Bonchev–Trinajstić information content (AvgIpc) is 3.02. The van der Waals surface area contributed by atoms with E-state index in [1.165, 1.54) is 35.6 Å². The molecule has 136 valence electrons. The molecule has 1 aromatic heterocycles. The molecule has 0 spiro atoms. The Kier molecular flexibility index (Phi) is 6.38. The van der Waals surface area contributed by atoms with Gasteiger partial charge < -0.3 is 15.0 Å². The summed E-state index contributed by atoms with van der Waals surface area (Å²) in [6.45, 7) is -0.557. The van der Waals surface area contributed by atoms with Gasteiger partial charge in [-0.25, -0.2) is 4.98 Å². The van der Waals surface area contributed by atoms with Crippen molar-refractivity contribution in [2.45, 2.75) is 18.8 Å². The first-order valence-corrected chi connectivity index (χ1v) is 8.27. The third-order valence-corrected chi connectivity index (χ3v) is 4.23. The van der Waals surface area contributed by atoms with Crippen molar-refractivity contribution in [2.75, 3.05) is 25.6 Å². The first kappa shape index (κ1) is 19.2. The van der Waals surface area contributed by atoms with E-state index in [4.69, 9.17) is 4.74 Å². The van der Waals surface area contributed by atoms with Crippen LogP contribution in [-0.2, 0) is 16.1 Å². The fourth-order valence-corrected chi connectivity index (χ4v) is 2.75. The van der Waals surface area contributed by atoms with E-state index < -0.39 is 24.8 Å². The number of hydrogen-bond donors (Lipinski definition) is 1.